The van der Waals surface area contributed by atoms with E-state index in [1.54, 1.807) is 19.0 Å². The van der Waals surface area contributed by atoms with Gasteiger partial charge in [0.05, 0.1) is 12.1 Å². The van der Waals surface area contributed by atoms with E-state index in [9.17, 15) is 4.79 Å². The molecule has 0 saturated heterocycles. The largest absolute Gasteiger partial charge is 0.348 e. The van der Waals surface area contributed by atoms with Gasteiger partial charge in [-0.15, -0.1) is 0 Å². The van der Waals surface area contributed by atoms with E-state index in [4.69, 9.17) is 5.84 Å². The number of nitrogens with zero attached hydrogens (tertiary/aromatic N) is 3. The van der Waals surface area contributed by atoms with Crippen LogP contribution in [0.2, 0.25) is 0 Å². The molecule has 2 aromatic rings. The highest BCUT2D eigenvalue weighted by molar-refractivity contribution is 5.81. The van der Waals surface area contributed by atoms with Gasteiger partial charge in [-0.1, -0.05) is 18.2 Å². The van der Waals surface area contributed by atoms with Crippen molar-refractivity contribution in [2.45, 2.75) is 6.54 Å². The number of benzene rings is 1. The van der Waals surface area contributed by atoms with E-state index in [0.717, 1.165) is 16.5 Å². The number of nitrogens with two attached hydrogens (primary N) is 1. The fourth-order valence-electron chi connectivity index (χ4n) is 2.12. The number of fused-ring (bicyclic) bond motifs is 1. The molecule has 6 heteroatoms. The number of carbonyl (C=O) groups excluding carboxylic acids is 1. The third-order valence-electron chi connectivity index (χ3n) is 3.28. The van der Waals surface area contributed by atoms with E-state index in [-0.39, 0.29) is 5.91 Å². The van der Waals surface area contributed by atoms with Crippen molar-refractivity contribution in [2.24, 2.45) is 5.84 Å². The van der Waals surface area contributed by atoms with Gasteiger partial charge in [0.15, 0.2) is 0 Å². The topological polar surface area (TPSA) is 74.5 Å². The molecule has 0 saturated carbocycles. The molecule has 0 radical (unpaired) electrons. The molecule has 112 valence electrons. The summed E-state index contributed by atoms with van der Waals surface area (Å²) < 4.78 is 0. The van der Waals surface area contributed by atoms with Crippen LogP contribution in [0.25, 0.3) is 10.9 Å². The lowest BCUT2D eigenvalue weighted by molar-refractivity contribution is -0.129. The fourth-order valence-corrected chi connectivity index (χ4v) is 2.12. The molecule has 6 nitrogen and oxygen atoms in total. The zero-order chi connectivity index (χ0) is 15.4. The second-order valence-electron chi connectivity index (χ2n) is 5.29. The summed E-state index contributed by atoms with van der Waals surface area (Å²) in [4.78, 5) is 19.8. The van der Waals surface area contributed by atoms with Crippen molar-refractivity contribution >= 4 is 22.6 Å². The van der Waals surface area contributed by atoms with Crippen LogP contribution in [0.3, 0.4) is 0 Å². The van der Waals surface area contributed by atoms with Gasteiger partial charge in [-0.2, -0.15) is 0 Å². The SMILES string of the molecule is CN(CC(=O)N(C)C)Cc1cc2ccccc2nc1NN. The Kier molecular flexibility index (Phi) is 4.72. The molecule has 1 amide bonds. The molecule has 21 heavy (non-hydrogen) atoms. The first kappa shape index (κ1) is 15.2. The first-order chi connectivity index (χ1) is 10.0. The molecule has 3 N–H and O–H groups in total. The number of aromatic nitrogens is 1. The van der Waals surface area contributed by atoms with E-state index in [2.05, 4.69) is 10.4 Å². The third kappa shape index (κ3) is 3.68. The molecule has 2 rings (SSSR count). The number of rotatable bonds is 5. The van der Waals surface area contributed by atoms with Crippen LogP contribution in [0.4, 0.5) is 5.82 Å². The van der Waals surface area contributed by atoms with E-state index in [1.165, 1.54) is 0 Å². The standard InChI is InChI=1S/C15H21N5O/c1-19(2)14(21)10-20(3)9-12-8-11-6-4-5-7-13(11)17-15(12)18-16/h4-8H,9-10,16H2,1-3H3,(H,17,18). The average Bonchev–Trinajstić information content (AvgIpc) is 2.46. The summed E-state index contributed by atoms with van der Waals surface area (Å²) in [5.74, 6) is 6.26. The Bertz CT molecular complexity index is 641. The van der Waals surface area contributed by atoms with Gasteiger partial charge in [0, 0.05) is 31.6 Å². The van der Waals surface area contributed by atoms with Crippen LogP contribution in [0.15, 0.2) is 30.3 Å². The number of carbonyl (C=O) groups is 1. The molecular weight excluding hydrogens is 266 g/mol. The minimum Gasteiger partial charge on any atom is -0.348 e. The Balaban J connectivity index is 2.22. The van der Waals surface area contributed by atoms with E-state index in [1.807, 2.05) is 42.3 Å². The smallest absolute Gasteiger partial charge is 0.236 e. The first-order valence-corrected chi connectivity index (χ1v) is 6.75. The molecular formula is C15H21N5O. The zero-order valence-electron chi connectivity index (χ0n) is 12.6. The highest BCUT2D eigenvalue weighted by atomic mass is 16.2. The predicted molar refractivity (Wildman–Crippen MR) is 84.6 cm³/mol. The lowest BCUT2D eigenvalue weighted by Gasteiger charge is -2.20. The molecule has 1 aromatic carbocycles. The van der Waals surface area contributed by atoms with Crippen molar-refractivity contribution in [3.05, 3.63) is 35.9 Å². The Labute approximate surface area is 124 Å². The predicted octanol–water partition coefficient (Wildman–Crippen LogP) is 1.04. The number of hydrazine groups is 1. The van der Waals surface area contributed by atoms with Crippen molar-refractivity contribution in [3.63, 3.8) is 0 Å². The summed E-state index contributed by atoms with van der Waals surface area (Å²) in [6.45, 7) is 0.945. The van der Waals surface area contributed by atoms with Crippen LogP contribution >= 0.6 is 0 Å². The van der Waals surface area contributed by atoms with Gasteiger partial charge >= 0.3 is 0 Å². The van der Waals surface area contributed by atoms with E-state index >= 15 is 0 Å². The van der Waals surface area contributed by atoms with Crippen molar-refractivity contribution in [1.82, 2.24) is 14.8 Å². The van der Waals surface area contributed by atoms with Crippen LogP contribution in [0.5, 0.6) is 0 Å². The summed E-state index contributed by atoms with van der Waals surface area (Å²) in [5.41, 5.74) is 4.49. The highest BCUT2D eigenvalue weighted by Crippen LogP contribution is 2.20. The van der Waals surface area contributed by atoms with Crippen LogP contribution in [-0.2, 0) is 11.3 Å². The van der Waals surface area contributed by atoms with Crippen LogP contribution in [0, 0.1) is 0 Å². The molecule has 0 unspecified atom stereocenters. The molecule has 0 aliphatic rings. The van der Waals surface area contributed by atoms with Crippen molar-refractivity contribution in [3.8, 4) is 0 Å². The molecule has 0 atom stereocenters. The number of likely N-dealkylation sites (N-methyl/N-ethyl adjacent to an activating group) is 2. The Hall–Kier alpha value is -2.18. The lowest BCUT2D eigenvalue weighted by Crippen LogP contribution is -2.34. The second kappa shape index (κ2) is 6.51. The van der Waals surface area contributed by atoms with Crippen LogP contribution < -0.4 is 11.3 Å². The maximum Gasteiger partial charge on any atom is 0.236 e. The van der Waals surface area contributed by atoms with Crippen LogP contribution in [0.1, 0.15) is 5.56 Å². The normalized spacial score (nSPS) is 10.9. The number of hydrogen-bond acceptors (Lipinski definition) is 5. The number of pyridine rings is 1. The number of hydrogen-bond donors (Lipinski definition) is 2. The molecule has 0 bridgehead atoms. The van der Waals surface area contributed by atoms with Crippen molar-refractivity contribution in [2.75, 3.05) is 33.1 Å². The Morgan fingerprint density at radius 2 is 2.00 bits per heavy atom. The maximum atomic E-state index is 11.7. The number of nitrogens with one attached hydrogen (secondary N) is 1. The number of amides is 1. The van der Waals surface area contributed by atoms with Gasteiger partial charge in [0.2, 0.25) is 5.91 Å². The first-order valence-electron chi connectivity index (χ1n) is 6.75. The Morgan fingerprint density at radius 1 is 1.29 bits per heavy atom. The summed E-state index contributed by atoms with van der Waals surface area (Å²) in [6, 6.07) is 9.92. The molecule has 1 heterocycles. The molecule has 0 aliphatic heterocycles. The van der Waals surface area contributed by atoms with E-state index in [0.29, 0.717) is 18.9 Å². The summed E-state index contributed by atoms with van der Waals surface area (Å²) in [5, 5.41) is 1.05. The number of nitrogen functional groups attached to an aromatic ring is 1. The summed E-state index contributed by atoms with van der Waals surface area (Å²) >= 11 is 0. The monoisotopic (exact) mass is 287 g/mol. The van der Waals surface area contributed by atoms with Crippen molar-refractivity contribution < 1.29 is 4.79 Å². The average molecular weight is 287 g/mol. The van der Waals surface area contributed by atoms with Gasteiger partial charge in [-0.25, -0.2) is 10.8 Å². The third-order valence-corrected chi connectivity index (χ3v) is 3.28. The van der Waals surface area contributed by atoms with Crippen molar-refractivity contribution in [1.29, 1.82) is 0 Å². The van der Waals surface area contributed by atoms with Gasteiger partial charge in [0.25, 0.3) is 0 Å². The highest BCUT2D eigenvalue weighted by Gasteiger charge is 2.12. The van der Waals surface area contributed by atoms with Gasteiger partial charge in [-0.3, -0.25) is 9.69 Å². The second-order valence-corrected chi connectivity index (χ2v) is 5.29. The number of para-hydroxylation sites is 1. The summed E-state index contributed by atoms with van der Waals surface area (Å²) in [6.07, 6.45) is 0. The minimum atomic E-state index is 0.0634. The molecule has 0 spiro atoms. The fraction of sp³-hybridized carbons (Fsp3) is 0.333. The Morgan fingerprint density at radius 3 is 2.67 bits per heavy atom. The minimum absolute atomic E-state index is 0.0634. The molecule has 1 aromatic heterocycles. The lowest BCUT2D eigenvalue weighted by atomic mass is 10.1. The molecule has 0 fully saturated rings. The number of anilines is 1. The van der Waals surface area contributed by atoms with Gasteiger partial charge in [-0.05, 0) is 19.2 Å². The molecule has 0 aliphatic carbocycles. The van der Waals surface area contributed by atoms with Crippen LogP contribution in [-0.4, -0.2) is 48.4 Å². The summed E-state index contributed by atoms with van der Waals surface area (Å²) in [7, 11) is 5.40. The quantitative estimate of drug-likeness (QED) is 0.635. The zero-order valence-corrected chi connectivity index (χ0v) is 12.6. The van der Waals surface area contributed by atoms with E-state index < -0.39 is 0 Å². The van der Waals surface area contributed by atoms with Gasteiger partial charge < -0.3 is 10.3 Å². The maximum absolute atomic E-state index is 11.7. The van der Waals surface area contributed by atoms with Gasteiger partial charge in [0.1, 0.15) is 5.82 Å².